The molecule has 0 spiro atoms. The van der Waals surface area contributed by atoms with Crippen LogP contribution < -0.4 is 5.32 Å². The van der Waals surface area contributed by atoms with Crippen LogP contribution in [0.4, 0.5) is 4.79 Å². The lowest BCUT2D eigenvalue weighted by Crippen LogP contribution is -2.45. The molecule has 1 rings (SSSR count). The van der Waals surface area contributed by atoms with Crippen LogP contribution in [-0.2, 0) is 4.79 Å². The third kappa shape index (κ3) is 1.52. The Morgan fingerprint density at radius 3 is 2.75 bits per heavy atom. The van der Waals surface area contributed by atoms with Gasteiger partial charge in [0.2, 0.25) is 5.91 Å². The zero-order valence-electron chi connectivity index (χ0n) is 7.26. The summed E-state index contributed by atoms with van der Waals surface area (Å²) in [5.74, 6) is -0.246. The first-order valence-corrected chi connectivity index (χ1v) is 3.99. The van der Waals surface area contributed by atoms with Gasteiger partial charge in [-0.3, -0.25) is 10.1 Å². The summed E-state index contributed by atoms with van der Waals surface area (Å²) >= 11 is 0. The van der Waals surface area contributed by atoms with Crippen molar-refractivity contribution in [2.24, 2.45) is 10.4 Å². The van der Waals surface area contributed by atoms with E-state index in [1.807, 2.05) is 6.92 Å². The highest BCUT2D eigenvalue weighted by Crippen LogP contribution is 2.22. The van der Waals surface area contributed by atoms with E-state index in [9.17, 15) is 9.59 Å². The fourth-order valence-electron chi connectivity index (χ4n) is 1.23. The van der Waals surface area contributed by atoms with Crippen molar-refractivity contribution in [3.05, 3.63) is 0 Å². The first kappa shape index (κ1) is 8.90. The van der Waals surface area contributed by atoms with E-state index in [4.69, 9.17) is 0 Å². The lowest BCUT2D eigenvalue weighted by molar-refractivity contribution is -0.126. The molecule has 4 heteroatoms. The van der Waals surface area contributed by atoms with Crippen LogP contribution in [0.25, 0.3) is 0 Å². The van der Waals surface area contributed by atoms with Gasteiger partial charge < -0.3 is 0 Å². The van der Waals surface area contributed by atoms with Crippen LogP contribution in [0, 0.1) is 5.41 Å². The van der Waals surface area contributed by atoms with E-state index in [0.29, 0.717) is 0 Å². The highest BCUT2D eigenvalue weighted by molar-refractivity contribution is 6.11. The molecular formula is C8H12N2O2. The first-order chi connectivity index (χ1) is 5.58. The maximum absolute atomic E-state index is 11.3. The average Bonchev–Trinajstić information content (AvgIpc) is 1.99. The zero-order chi connectivity index (χ0) is 9.19. The maximum Gasteiger partial charge on any atom is 0.347 e. The average molecular weight is 168 g/mol. The summed E-state index contributed by atoms with van der Waals surface area (Å²) in [6, 6.07) is -0.562. The monoisotopic (exact) mass is 168 g/mol. The third-order valence-electron chi connectivity index (χ3n) is 1.98. The summed E-state index contributed by atoms with van der Waals surface area (Å²) in [5.41, 5.74) is -0.595. The molecule has 0 aromatic rings. The van der Waals surface area contributed by atoms with E-state index in [1.165, 1.54) is 6.21 Å². The highest BCUT2D eigenvalue weighted by atomic mass is 16.2. The van der Waals surface area contributed by atoms with Gasteiger partial charge in [-0.05, 0) is 13.3 Å². The highest BCUT2D eigenvalue weighted by Gasteiger charge is 2.34. The van der Waals surface area contributed by atoms with E-state index in [-0.39, 0.29) is 5.91 Å². The molecule has 1 heterocycles. The van der Waals surface area contributed by atoms with Crippen LogP contribution in [0.1, 0.15) is 26.7 Å². The number of urea groups is 1. The van der Waals surface area contributed by atoms with E-state index in [2.05, 4.69) is 10.3 Å². The maximum atomic E-state index is 11.3. The fourth-order valence-corrected chi connectivity index (χ4v) is 1.23. The molecule has 0 fully saturated rings. The minimum Gasteiger partial charge on any atom is -0.275 e. The standard InChI is InChI=1S/C8H12N2O2/c1-3-4-8(2)5-9-7(12)10-6(8)11/h5H,3-4H2,1-2H3,(H,10,11,12). The Kier molecular flexibility index (Phi) is 2.26. The third-order valence-corrected chi connectivity index (χ3v) is 1.98. The first-order valence-electron chi connectivity index (χ1n) is 3.99. The summed E-state index contributed by atoms with van der Waals surface area (Å²) in [6.07, 6.45) is 3.05. The number of nitrogens with zero attached hydrogens (tertiary/aromatic N) is 1. The van der Waals surface area contributed by atoms with Gasteiger partial charge in [-0.25, -0.2) is 9.79 Å². The van der Waals surface area contributed by atoms with Crippen LogP contribution >= 0.6 is 0 Å². The van der Waals surface area contributed by atoms with Crippen molar-refractivity contribution in [1.82, 2.24) is 5.32 Å². The van der Waals surface area contributed by atoms with E-state index in [1.54, 1.807) is 6.92 Å². The Morgan fingerprint density at radius 2 is 2.25 bits per heavy atom. The lowest BCUT2D eigenvalue weighted by atomic mass is 9.85. The van der Waals surface area contributed by atoms with Gasteiger partial charge >= 0.3 is 6.03 Å². The number of nitrogens with one attached hydrogen (secondary N) is 1. The van der Waals surface area contributed by atoms with Crippen molar-refractivity contribution >= 4 is 18.2 Å². The topological polar surface area (TPSA) is 58.5 Å². The van der Waals surface area contributed by atoms with Crippen LogP contribution in [0.5, 0.6) is 0 Å². The molecule has 0 aromatic heterocycles. The van der Waals surface area contributed by atoms with Gasteiger partial charge in [-0.2, -0.15) is 0 Å². The molecule has 4 nitrogen and oxygen atoms in total. The van der Waals surface area contributed by atoms with E-state index in [0.717, 1.165) is 12.8 Å². The quantitative estimate of drug-likeness (QED) is 0.671. The molecule has 1 aliphatic rings. The van der Waals surface area contributed by atoms with Crippen molar-refractivity contribution in [2.45, 2.75) is 26.7 Å². The van der Waals surface area contributed by atoms with Gasteiger partial charge in [0.05, 0.1) is 5.41 Å². The molecule has 0 saturated carbocycles. The summed E-state index contributed by atoms with van der Waals surface area (Å²) in [4.78, 5) is 25.5. The van der Waals surface area contributed by atoms with Crippen molar-refractivity contribution in [3.63, 3.8) is 0 Å². The van der Waals surface area contributed by atoms with Crippen molar-refractivity contribution in [1.29, 1.82) is 0 Å². The molecule has 0 aromatic carbocycles. The van der Waals surface area contributed by atoms with Crippen LogP contribution in [0.15, 0.2) is 4.99 Å². The van der Waals surface area contributed by atoms with Gasteiger partial charge in [0.1, 0.15) is 0 Å². The summed E-state index contributed by atoms with van der Waals surface area (Å²) < 4.78 is 0. The molecule has 0 bridgehead atoms. The molecule has 12 heavy (non-hydrogen) atoms. The van der Waals surface area contributed by atoms with Crippen molar-refractivity contribution in [3.8, 4) is 0 Å². The smallest absolute Gasteiger partial charge is 0.275 e. The van der Waals surface area contributed by atoms with Gasteiger partial charge in [0.25, 0.3) is 0 Å². The fraction of sp³-hybridized carbons (Fsp3) is 0.625. The summed E-state index contributed by atoms with van der Waals surface area (Å²) in [5, 5.41) is 2.18. The predicted molar refractivity (Wildman–Crippen MR) is 45.0 cm³/mol. The number of carbonyl (C=O) groups is 2. The second-order valence-corrected chi connectivity index (χ2v) is 3.18. The summed E-state index contributed by atoms with van der Waals surface area (Å²) in [7, 11) is 0. The van der Waals surface area contributed by atoms with Gasteiger partial charge in [-0.15, -0.1) is 0 Å². The number of rotatable bonds is 2. The van der Waals surface area contributed by atoms with Crippen molar-refractivity contribution < 1.29 is 9.59 Å². The minimum atomic E-state index is -0.595. The molecule has 1 N–H and O–H groups in total. The lowest BCUT2D eigenvalue weighted by Gasteiger charge is -2.25. The predicted octanol–water partition coefficient (Wildman–Crippen LogP) is 1.11. The number of imide groups is 1. The summed E-state index contributed by atoms with van der Waals surface area (Å²) in [6.45, 7) is 3.77. The van der Waals surface area contributed by atoms with Crippen LogP contribution in [0.2, 0.25) is 0 Å². The number of amides is 3. The normalized spacial score (nSPS) is 28.8. The molecular weight excluding hydrogens is 156 g/mol. The Bertz CT molecular complexity index is 247. The number of hydrogen-bond donors (Lipinski definition) is 1. The number of aliphatic imine (C=N–C) groups is 1. The number of carbonyl (C=O) groups excluding carboxylic acids is 2. The molecule has 0 aliphatic carbocycles. The largest absolute Gasteiger partial charge is 0.347 e. The molecule has 0 radical (unpaired) electrons. The van der Waals surface area contributed by atoms with Crippen LogP contribution in [-0.4, -0.2) is 18.2 Å². The van der Waals surface area contributed by atoms with Gasteiger partial charge in [0.15, 0.2) is 0 Å². The van der Waals surface area contributed by atoms with E-state index >= 15 is 0 Å². The Hall–Kier alpha value is -1.19. The minimum absolute atomic E-state index is 0.246. The number of hydrogen-bond acceptors (Lipinski definition) is 2. The SMILES string of the molecule is CCCC1(C)C=NC(=O)NC1=O. The second kappa shape index (κ2) is 3.05. The molecule has 1 unspecified atom stereocenters. The van der Waals surface area contributed by atoms with E-state index < -0.39 is 11.4 Å². The van der Waals surface area contributed by atoms with Gasteiger partial charge in [0, 0.05) is 6.21 Å². The second-order valence-electron chi connectivity index (χ2n) is 3.18. The Balaban J connectivity index is 2.83. The molecule has 66 valence electrons. The Labute approximate surface area is 71.1 Å². The molecule has 1 atom stereocenters. The molecule has 3 amide bonds. The molecule has 1 aliphatic heterocycles. The zero-order valence-corrected chi connectivity index (χ0v) is 7.26. The molecule has 0 saturated heterocycles. The Morgan fingerprint density at radius 1 is 1.58 bits per heavy atom. The van der Waals surface area contributed by atoms with Crippen LogP contribution in [0.3, 0.4) is 0 Å². The van der Waals surface area contributed by atoms with Crippen molar-refractivity contribution in [2.75, 3.05) is 0 Å². The van der Waals surface area contributed by atoms with Gasteiger partial charge in [-0.1, -0.05) is 13.3 Å².